The first kappa shape index (κ1) is 24.0. The van der Waals surface area contributed by atoms with E-state index < -0.39 is 0 Å². The van der Waals surface area contributed by atoms with Gasteiger partial charge in [-0.15, -0.1) is 0 Å². The number of amides is 1. The van der Waals surface area contributed by atoms with Gasteiger partial charge in [0, 0.05) is 36.9 Å². The monoisotopic (exact) mass is 483 g/mol. The maximum absolute atomic E-state index is 12.5. The summed E-state index contributed by atoms with van der Waals surface area (Å²) in [7, 11) is 0. The van der Waals surface area contributed by atoms with Crippen LogP contribution in [0.4, 0.5) is 0 Å². The van der Waals surface area contributed by atoms with Crippen LogP contribution in [0.2, 0.25) is 5.02 Å². The Morgan fingerprint density at radius 2 is 2.26 bits per heavy atom. The SMILES string of the molecule is C[C@@H](Cn1ccc(-c2ccc(C#N)c(Cl)c2)n1)NC(=O)c1cc(CCOC2CCCCO2)on1. The zero-order valence-corrected chi connectivity index (χ0v) is 19.6. The number of nitrogens with zero attached hydrogens (tertiary/aromatic N) is 4. The van der Waals surface area contributed by atoms with Crippen LogP contribution in [0.25, 0.3) is 11.3 Å². The summed E-state index contributed by atoms with van der Waals surface area (Å²) in [4.78, 5) is 12.5. The van der Waals surface area contributed by atoms with Gasteiger partial charge in [0.2, 0.25) is 0 Å². The van der Waals surface area contributed by atoms with E-state index in [-0.39, 0.29) is 23.9 Å². The molecule has 0 aliphatic carbocycles. The van der Waals surface area contributed by atoms with Crippen molar-refractivity contribution in [3.05, 3.63) is 58.6 Å². The highest BCUT2D eigenvalue weighted by Crippen LogP contribution is 2.24. The average molecular weight is 484 g/mol. The topological polar surface area (TPSA) is 115 Å². The second-order valence-electron chi connectivity index (χ2n) is 8.20. The minimum atomic E-state index is -0.315. The molecule has 1 N–H and O–H groups in total. The van der Waals surface area contributed by atoms with E-state index in [2.05, 4.69) is 15.6 Å². The third-order valence-corrected chi connectivity index (χ3v) is 5.76. The van der Waals surface area contributed by atoms with Crippen molar-refractivity contribution in [2.24, 2.45) is 0 Å². The van der Waals surface area contributed by atoms with E-state index in [1.165, 1.54) is 0 Å². The van der Waals surface area contributed by atoms with Crippen LogP contribution in [0.5, 0.6) is 0 Å². The van der Waals surface area contributed by atoms with Crippen LogP contribution >= 0.6 is 11.6 Å². The number of ether oxygens (including phenoxy) is 2. The second kappa shape index (κ2) is 11.3. The molecule has 10 heteroatoms. The number of carbonyl (C=O) groups excluding carboxylic acids is 1. The molecular weight excluding hydrogens is 458 g/mol. The quantitative estimate of drug-likeness (QED) is 0.489. The van der Waals surface area contributed by atoms with Crippen molar-refractivity contribution in [1.29, 1.82) is 5.26 Å². The first-order valence-corrected chi connectivity index (χ1v) is 11.6. The van der Waals surface area contributed by atoms with Crippen molar-refractivity contribution in [2.45, 2.75) is 51.5 Å². The van der Waals surface area contributed by atoms with Gasteiger partial charge in [0.25, 0.3) is 5.91 Å². The molecule has 1 aliphatic rings. The first-order chi connectivity index (χ1) is 16.5. The van der Waals surface area contributed by atoms with Crippen LogP contribution in [0, 0.1) is 11.3 Å². The summed E-state index contributed by atoms with van der Waals surface area (Å²) in [5, 5.41) is 20.7. The summed E-state index contributed by atoms with van der Waals surface area (Å²) in [6, 6.07) is 10.5. The summed E-state index contributed by atoms with van der Waals surface area (Å²) in [6.07, 6.45) is 5.28. The van der Waals surface area contributed by atoms with Gasteiger partial charge < -0.3 is 19.3 Å². The number of hydrogen-bond acceptors (Lipinski definition) is 7. The zero-order chi connectivity index (χ0) is 23.9. The van der Waals surface area contributed by atoms with Gasteiger partial charge in [0.15, 0.2) is 12.0 Å². The molecule has 1 aliphatic heterocycles. The molecule has 2 atom stereocenters. The van der Waals surface area contributed by atoms with E-state index in [0.717, 1.165) is 37.1 Å². The molecule has 2 aromatic heterocycles. The lowest BCUT2D eigenvalue weighted by Crippen LogP contribution is -2.36. The Labute approximate surface area is 202 Å². The lowest BCUT2D eigenvalue weighted by Gasteiger charge is -2.22. The van der Waals surface area contributed by atoms with Crippen molar-refractivity contribution in [3.63, 3.8) is 0 Å². The van der Waals surface area contributed by atoms with Gasteiger partial charge in [0.1, 0.15) is 11.8 Å². The van der Waals surface area contributed by atoms with Crippen molar-refractivity contribution < 1.29 is 18.8 Å². The molecule has 34 heavy (non-hydrogen) atoms. The van der Waals surface area contributed by atoms with E-state index in [1.807, 2.05) is 25.3 Å². The number of nitriles is 1. The fraction of sp³-hybridized carbons (Fsp3) is 0.417. The lowest BCUT2D eigenvalue weighted by molar-refractivity contribution is -0.162. The predicted molar refractivity (Wildman–Crippen MR) is 124 cm³/mol. The minimum Gasteiger partial charge on any atom is -0.361 e. The summed E-state index contributed by atoms with van der Waals surface area (Å²) >= 11 is 6.12. The van der Waals surface area contributed by atoms with Crippen LogP contribution in [0.15, 0.2) is 41.1 Å². The summed E-state index contributed by atoms with van der Waals surface area (Å²) in [5.74, 6) is 0.275. The van der Waals surface area contributed by atoms with Gasteiger partial charge in [0.05, 0.1) is 29.4 Å². The van der Waals surface area contributed by atoms with Gasteiger partial charge in [-0.3, -0.25) is 9.48 Å². The fourth-order valence-electron chi connectivity index (χ4n) is 3.68. The number of hydrogen-bond donors (Lipinski definition) is 1. The molecule has 1 unspecified atom stereocenters. The van der Waals surface area contributed by atoms with E-state index in [9.17, 15) is 4.79 Å². The fourth-order valence-corrected chi connectivity index (χ4v) is 3.90. The number of aromatic nitrogens is 3. The molecule has 0 spiro atoms. The molecule has 1 aromatic carbocycles. The Kier molecular flexibility index (Phi) is 7.95. The van der Waals surface area contributed by atoms with Crippen LogP contribution in [0.1, 0.15) is 48.0 Å². The second-order valence-corrected chi connectivity index (χ2v) is 8.61. The molecule has 1 saturated heterocycles. The molecule has 1 amide bonds. The Bertz CT molecular complexity index is 1160. The standard InChI is InChI=1S/C24H26ClN5O4/c1-16(15-30-9-7-21(28-30)17-5-6-18(14-26)20(25)12-17)27-24(31)22-13-19(34-29-22)8-11-33-23-4-2-3-10-32-23/h5-7,9,12-13,16,23H,2-4,8,10-11,15H2,1H3,(H,27,31)/t16-,23?/m0/s1. The Morgan fingerprint density at radius 3 is 3.03 bits per heavy atom. The number of nitrogens with one attached hydrogen (secondary N) is 1. The van der Waals surface area contributed by atoms with Crippen LogP contribution < -0.4 is 5.32 Å². The normalized spacial score (nSPS) is 16.7. The molecule has 4 rings (SSSR count). The van der Waals surface area contributed by atoms with Crippen LogP contribution in [0.3, 0.4) is 0 Å². The molecule has 178 valence electrons. The van der Waals surface area contributed by atoms with Crippen molar-refractivity contribution in [2.75, 3.05) is 13.2 Å². The van der Waals surface area contributed by atoms with Gasteiger partial charge in [-0.1, -0.05) is 22.8 Å². The largest absolute Gasteiger partial charge is 0.361 e. The van der Waals surface area contributed by atoms with E-state index in [1.54, 1.807) is 28.9 Å². The summed E-state index contributed by atoms with van der Waals surface area (Å²) in [5.41, 5.74) is 2.19. The van der Waals surface area contributed by atoms with E-state index >= 15 is 0 Å². The molecule has 0 radical (unpaired) electrons. The van der Waals surface area contributed by atoms with Gasteiger partial charge in [-0.2, -0.15) is 10.4 Å². The molecule has 3 aromatic rings. The zero-order valence-electron chi connectivity index (χ0n) is 18.9. The minimum absolute atomic E-state index is 0.156. The van der Waals surface area contributed by atoms with Gasteiger partial charge in [-0.05, 0) is 44.4 Å². The Balaban J connectivity index is 1.26. The smallest absolute Gasteiger partial charge is 0.273 e. The Morgan fingerprint density at radius 1 is 1.38 bits per heavy atom. The van der Waals surface area contributed by atoms with E-state index in [4.69, 9.17) is 30.9 Å². The highest BCUT2D eigenvalue weighted by Gasteiger charge is 2.17. The molecule has 0 bridgehead atoms. The van der Waals surface area contributed by atoms with E-state index in [0.29, 0.717) is 35.9 Å². The molecule has 0 saturated carbocycles. The van der Waals surface area contributed by atoms with Crippen molar-refractivity contribution in [1.82, 2.24) is 20.3 Å². The third kappa shape index (κ3) is 6.23. The number of halogens is 1. The van der Waals surface area contributed by atoms with Gasteiger partial charge >= 0.3 is 0 Å². The maximum atomic E-state index is 12.5. The van der Waals surface area contributed by atoms with Crippen LogP contribution in [-0.2, 0) is 22.4 Å². The van der Waals surface area contributed by atoms with Crippen LogP contribution in [-0.4, -0.2) is 46.4 Å². The molecule has 1 fully saturated rings. The maximum Gasteiger partial charge on any atom is 0.273 e. The third-order valence-electron chi connectivity index (χ3n) is 5.45. The lowest BCUT2D eigenvalue weighted by atomic mass is 10.1. The Hall–Kier alpha value is -3.19. The number of rotatable bonds is 9. The molecule has 9 nitrogen and oxygen atoms in total. The highest BCUT2D eigenvalue weighted by molar-refractivity contribution is 6.32. The molecular formula is C24H26ClN5O4. The first-order valence-electron chi connectivity index (χ1n) is 11.2. The predicted octanol–water partition coefficient (Wildman–Crippen LogP) is 3.97. The van der Waals surface area contributed by atoms with Crippen molar-refractivity contribution >= 4 is 17.5 Å². The summed E-state index contributed by atoms with van der Waals surface area (Å²) in [6.45, 7) is 3.54. The van der Waals surface area contributed by atoms with Gasteiger partial charge in [-0.25, -0.2) is 0 Å². The molecule has 3 heterocycles. The average Bonchev–Trinajstić information content (AvgIpc) is 3.50. The summed E-state index contributed by atoms with van der Waals surface area (Å²) < 4.78 is 18.2. The highest BCUT2D eigenvalue weighted by atomic mass is 35.5. The number of benzene rings is 1. The number of carbonyl (C=O) groups is 1. The van der Waals surface area contributed by atoms with Crippen molar-refractivity contribution in [3.8, 4) is 17.3 Å².